The van der Waals surface area contributed by atoms with Crippen LogP contribution in [0.3, 0.4) is 0 Å². The van der Waals surface area contributed by atoms with Crippen molar-refractivity contribution in [1.82, 2.24) is 15.0 Å². The van der Waals surface area contributed by atoms with Gasteiger partial charge in [0.05, 0.1) is 25.5 Å². The van der Waals surface area contributed by atoms with E-state index >= 15 is 0 Å². The molecule has 0 saturated carbocycles. The third-order valence-electron chi connectivity index (χ3n) is 3.61. The van der Waals surface area contributed by atoms with Crippen LogP contribution in [-0.2, 0) is 16.3 Å². The average molecular weight is 355 g/mol. The normalized spacial score (nSPS) is 10.5. The molecule has 0 N–H and O–H groups in total. The minimum Gasteiger partial charge on any atom is -0.497 e. The number of benzene rings is 2. The molecular weight excluding hydrogens is 338 g/mol. The number of hydrogen-bond acceptors (Lipinski definition) is 7. The van der Waals surface area contributed by atoms with Crippen molar-refractivity contribution in [1.29, 1.82) is 0 Å². The molecule has 0 spiro atoms. The van der Waals surface area contributed by atoms with Crippen LogP contribution >= 0.6 is 0 Å². The van der Waals surface area contributed by atoms with E-state index < -0.39 is 5.97 Å². The third kappa shape index (κ3) is 4.15. The van der Waals surface area contributed by atoms with Crippen LogP contribution in [0.2, 0.25) is 0 Å². The number of fused-ring (bicyclic) bond motifs is 1. The zero-order valence-corrected chi connectivity index (χ0v) is 14.1. The van der Waals surface area contributed by atoms with Crippen molar-refractivity contribution in [3.63, 3.8) is 0 Å². The summed E-state index contributed by atoms with van der Waals surface area (Å²) in [6, 6.07) is 13.9. The molecule has 134 valence electrons. The summed E-state index contributed by atoms with van der Waals surface area (Å²) in [5.74, 6) is 0.842. The smallest absolute Gasteiger partial charge is 0.311 e. The molecule has 0 radical (unpaired) electrons. The Morgan fingerprint density at radius 3 is 2.58 bits per heavy atom. The summed E-state index contributed by atoms with van der Waals surface area (Å²) in [7, 11) is 1.58. The van der Waals surface area contributed by atoms with Gasteiger partial charge < -0.3 is 14.2 Å². The highest BCUT2D eigenvalue weighted by Gasteiger charge is 2.08. The Morgan fingerprint density at radius 1 is 1.08 bits per heavy atom. The highest BCUT2D eigenvalue weighted by molar-refractivity contribution is 5.76. The molecule has 0 atom stereocenters. The number of esters is 1. The Morgan fingerprint density at radius 2 is 1.81 bits per heavy atom. The molecule has 1 aromatic heterocycles. The maximum atomic E-state index is 12.2. The summed E-state index contributed by atoms with van der Waals surface area (Å²) in [6.45, 7) is -0.137. The number of methoxy groups -OCH3 is 1. The molecule has 2 aromatic carbocycles. The van der Waals surface area contributed by atoms with Crippen molar-refractivity contribution in [3.8, 4) is 11.5 Å². The molecule has 0 fully saturated rings. The summed E-state index contributed by atoms with van der Waals surface area (Å²) >= 11 is 0. The molecule has 0 saturated heterocycles. The standard InChI is InChI=1S/C18H17N3O5/c1-24-13-6-8-14(9-7-13)25-11-10-17(22)26-12-21-18(23)15-4-2-3-5-16(15)19-20-21/h2-9H,10-12H2,1H3. The monoisotopic (exact) mass is 355 g/mol. The predicted molar refractivity (Wildman–Crippen MR) is 93.0 cm³/mol. The van der Waals surface area contributed by atoms with E-state index in [1.165, 1.54) is 0 Å². The first kappa shape index (κ1) is 17.4. The lowest BCUT2D eigenvalue weighted by Gasteiger charge is -2.08. The largest absolute Gasteiger partial charge is 0.497 e. The van der Waals surface area contributed by atoms with E-state index in [0.717, 1.165) is 10.4 Å². The van der Waals surface area contributed by atoms with Gasteiger partial charge in [-0.05, 0) is 36.4 Å². The van der Waals surface area contributed by atoms with E-state index in [-0.39, 0.29) is 25.3 Å². The summed E-state index contributed by atoms with van der Waals surface area (Å²) in [4.78, 5) is 24.0. The van der Waals surface area contributed by atoms with Gasteiger partial charge in [-0.15, -0.1) is 5.10 Å². The zero-order chi connectivity index (χ0) is 18.4. The molecule has 0 amide bonds. The van der Waals surface area contributed by atoms with Crippen LogP contribution in [0.25, 0.3) is 10.9 Å². The molecule has 0 aliphatic heterocycles. The maximum Gasteiger partial charge on any atom is 0.311 e. The Bertz CT molecular complexity index is 953. The van der Waals surface area contributed by atoms with Crippen molar-refractivity contribution >= 4 is 16.9 Å². The molecule has 8 heteroatoms. The van der Waals surface area contributed by atoms with Crippen LogP contribution in [-0.4, -0.2) is 34.7 Å². The lowest BCUT2D eigenvalue weighted by atomic mass is 10.2. The van der Waals surface area contributed by atoms with E-state index in [0.29, 0.717) is 16.7 Å². The first-order valence-electron chi connectivity index (χ1n) is 7.92. The van der Waals surface area contributed by atoms with Gasteiger partial charge in [0.1, 0.15) is 17.0 Å². The lowest BCUT2D eigenvalue weighted by molar-refractivity contribution is -0.148. The summed E-state index contributed by atoms with van der Waals surface area (Å²) < 4.78 is 16.6. The molecule has 1 heterocycles. The Labute approximate surface area is 148 Å². The second-order valence-corrected chi connectivity index (χ2v) is 5.33. The van der Waals surface area contributed by atoms with E-state index in [1.54, 1.807) is 55.6 Å². The van der Waals surface area contributed by atoms with E-state index in [4.69, 9.17) is 14.2 Å². The van der Waals surface area contributed by atoms with Crippen LogP contribution < -0.4 is 15.0 Å². The first-order valence-corrected chi connectivity index (χ1v) is 7.92. The summed E-state index contributed by atoms with van der Waals surface area (Å²) in [6.07, 6.45) is 0.0434. The van der Waals surface area contributed by atoms with Gasteiger partial charge in [-0.2, -0.15) is 4.68 Å². The Hall–Kier alpha value is -3.42. The van der Waals surface area contributed by atoms with Crippen molar-refractivity contribution < 1.29 is 19.0 Å². The van der Waals surface area contributed by atoms with E-state index in [1.807, 2.05) is 0 Å². The highest BCUT2D eigenvalue weighted by Crippen LogP contribution is 2.17. The first-order chi connectivity index (χ1) is 12.7. The summed E-state index contributed by atoms with van der Waals surface area (Å²) in [5, 5.41) is 8.10. The third-order valence-corrected chi connectivity index (χ3v) is 3.61. The lowest BCUT2D eigenvalue weighted by Crippen LogP contribution is -2.26. The van der Waals surface area contributed by atoms with E-state index in [2.05, 4.69) is 10.3 Å². The van der Waals surface area contributed by atoms with Gasteiger partial charge in [0.2, 0.25) is 0 Å². The number of ether oxygens (including phenoxy) is 3. The minimum absolute atomic E-state index is 0.0434. The number of aromatic nitrogens is 3. The predicted octanol–water partition coefficient (Wildman–Crippen LogP) is 1.77. The quantitative estimate of drug-likeness (QED) is 0.596. The van der Waals surface area contributed by atoms with Gasteiger partial charge in [0.25, 0.3) is 5.56 Å². The molecule has 3 aromatic rings. The van der Waals surface area contributed by atoms with Crippen molar-refractivity contribution in [3.05, 3.63) is 58.9 Å². The van der Waals surface area contributed by atoms with Gasteiger partial charge >= 0.3 is 5.97 Å². The maximum absolute atomic E-state index is 12.2. The molecule has 0 aliphatic carbocycles. The van der Waals surface area contributed by atoms with Crippen LogP contribution in [0, 0.1) is 0 Å². The van der Waals surface area contributed by atoms with Gasteiger partial charge in [0, 0.05) is 0 Å². The number of rotatable bonds is 7. The fourth-order valence-corrected chi connectivity index (χ4v) is 2.24. The Kier molecular flexibility index (Phi) is 5.43. The fraction of sp³-hybridized carbons (Fsp3) is 0.222. The second-order valence-electron chi connectivity index (χ2n) is 5.33. The van der Waals surface area contributed by atoms with Crippen molar-refractivity contribution in [2.75, 3.05) is 13.7 Å². The molecule has 26 heavy (non-hydrogen) atoms. The molecule has 0 unspecified atom stereocenters. The average Bonchev–Trinajstić information content (AvgIpc) is 2.68. The highest BCUT2D eigenvalue weighted by atomic mass is 16.5. The number of nitrogens with zero attached hydrogens (tertiary/aromatic N) is 3. The van der Waals surface area contributed by atoms with Crippen molar-refractivity contribution in [2.45, 2.75) is 13.2 Å². The Balaban J connectivity index is 1.49. The fourth-order valence-electron chi connectivity index (χ4n) is 2.24. The molecule has 8 nitrogen and oxygen atoms in total. The van der Waals surface area contributed by atoms with Gasteiger partial charge in [0.15, 0.2) is 6.73 Å². The van der Waals surface area contributed by atoms with E-state index in [9.17, 15) is 9.59 Å². The molecule has 0 aliphatic rings. The SMILES string of the molecule is COc1ccc(OCCC(=O)OCn2nnc3ccccc3c2=O)cc1. The van der Waals surface area contributed by atoms with Gasteiger partial charge in [-0.1, -0.05) is 17.3 Å². The number of carbonyl (C=O) groups is 1. The number of hydrogen-bond donors (Lipinski definition) is 0. The minimum atomic E-state index is -0.500. The molecular formula is C18H17N3O5. The van der Waals surface area contributed by atoms with Gasteiger partial charge in [-0.25, -0.2) is 0 Å². The zero-order valence-electron chi connectivity index (χ0n) is 14.1. The van der Waals surface area contributed by atoms with Crippen molar-refractivity contribution in [2.24, 2.45) is 0 Å². The molecule has 0 bridgehead atoms. The van der Waals surface area contributed by atoms with Gasteiger partial charge in [-0.3, -0.25) is 9.59 Å². The van der Waals surface area contributed by atoms with Crippen LogP contribution in [0.1, 0.15) is 6.42 Å². The van der Waals surface area contributed by atoms with Crippen LogP contribution in [0.4, 0.5) is 0 Å². The molecule has 3 rings (SSSR count). The van der Waals surface area contributed by atoms with Crippen LogP contribution in [0.15, 0.2) is 53.3 Å². The second kappa shape index (κ2) is 8.11. The summed E-state index contributed by atoms with van der Waals surface area (Å²) in [5.41, 5.74) is 0.130. The topological polar surface area (TPSA) is 92.5 Å². The number of carbonyl (C=O) groups excluding carboxylic acids is 1. The van der Waals surface area contributed by atoms with Crippen LogP contribution in [0.5, 0.6) is 11.5 Å².